The van der Waals surface area contributed by atoms with E-state index in [2.05, 4.69) is 44.0 Å². The van der Waals surface area contributed by atoms with Gasteiger partial charge < -0.3 is 9.64 Å². The van der Waals surface area contributed by atoms with E-state index >= 15 is 0 Å². The molecule has 6 nitrogen and oxygen atoms in total. The first kappa shape index (κ1) is 24.9. The van der Waals surface area contributed by atoms with E-state index in [0.29, 0.717) is 22.0 Å². The standard InChI is InChI=1S/C27H28ClN3O3S/c1-6-11-30-22-14-23(34-5)17(12-20(22)16(2)15-27(30,3)4)13-21-24(32)29-26(35)31(25(21)33)19-9-7-18(28)8-10-19/h7-10,12-15H,6,11H2,1-5H3,(H,29,32,35)/b21-13-. The molecule has 0 spiro atoms. The predicted molar refractivity (Wildman–Crippen MR) is 146 cm³/mol. The largest absolute Gasteiger partial charge is 0.496 e. The fraction of sp³-hybridized carbons (Fsp3) is 0.296. The van der Waals surface area contributed by atoms with Crippen LogP contribution in [0.15, 0.2) is 48.0 Å². The number of rotatable bonds is 5. The van der Waals surface area contributed by atoms with Crippen LogP contribution in [0.5, 0.6) is 5.75 Å². The molecule has 2 aliphatic rings. The summed E-state index contributed by atoms with van der Waals surface area (Å²) >= 11 is 11.3. The van der Waals surface area contributed by atoms with E-state index in [0.717, 1.165) is 29.8 Å². The lowest BCUT2D eigenvalue weighted by Crippen LogP contribution is -2.54. The van der Waals surface area contributed by atoms with Crippen molar-refractivity contribution in [3.63, 3.8) is 0 Å². The van der Waals surface area contributed by atoms with E-state index in [1.165, 1.54) is 4.90 Å². The summed E-state index contributed by atoms with van der Waals surface area (Å²) in [5.41, 5.74) is 4.21. The van der Waals surface area contributed by atoms with Crippen LogP contribution >= 0.6 is 23.8 Å². The van der Waals surface area contributed by atoms with Crippen LogP contribution in [0.2, 0.25) is 5.02 Å². The van der Waals surface area contributed by atoms with Gasteiger partial charge in [0, 0.05) is 34.4 Å². The van der Waals surface area contributed by atoms with Crippen molar-refractivity contribution in [1.29, 1.82) is 0 Å². The van der Waals surface area contributed by atoms with Gasteiger partial charge in [-0.3, -0.25) is 19.8 Å². The van der Waals surface area contributed by atoms with E-state index in [1.54, 1.807) is 37.5 Å². The number of hydrogen-bond acceptors (Lipinski definition) is 5. The fourth-order valence-electron chi connectivity index (χ4n) is 4.68. The highest BCUT2D eigenvalue weighted by atomic mass is 35.5. The first-order valence-electron chi connectivity index (χ1n) is 11.4. The number of amides is 2. The van der Waals surface area contributed by atoms with Crippen LogP contribution in [0, 0.1) is 0 Å². The predicted octanol–water partition coefficient (Wildman–Crippen LogP) is 5.59. The fourth-order valence-corrected chi connectivity index (χ4v) is 5.09. The second-order valence-electron chi connectivity index (χ2n) is 9.18. The van der Waals surface area contributed by atoms with Crippen LogP contribution in [-0.4, -0.2) is 36.1 Å². The number of methoxy groups -OCH3 is 1. The third-order valence-corrected chi connectivity index (χ3v) is 6.80. The Morgan fingerprint density at radius 3 is 2.49 bits per heavy atom. The highest BCUT2D eigenvalue weighted by molar-refractivity contribution is 7.80. The normalized spacial score (nSPS) is 18.4. The molecule has 0 atom stereocenters. The van der Waals surface area contributed by atoms with Gasteiger partial charge in [0.15, 0.2) is 5.11 Å². The monoisotopic (exact) mass is 509 g/mol. The van der Waals surface area contributed by atoms with Crippen molar-refractivity contribution in [2.24, 2.45) is 0 Å². The molecule has 0 aromatic heterocycles. The van der Waals surface area contributed by atoms with E-state index in [-0.39, 0.29) is 16.2 Å². The zero-order valence-electron chi connectivity index (χ0n) is 20.4. The second kappa shape index (κ2) is 9.47. The highest BCUT2D eigenvalue weighted by Gasteiger charge is 2.36. The molecule has 2 aromatic rings. The lowest BCUT2D eigenvalue weighted by molar-refractivity contribution is -0.122. The minimum Gasteiger partial charge on any atom is -0.496 e. The van der Waals surface area contributed by atoms with Crippen molar-refractivity contribution in [2.45, 2.75) is 39.7 Å². The second-order valence-corrected chi connectivity index (χ2v) is 10.0. The molecule has 4 rings (SSSR count). The molecule has 1 N–H and O–H groups in total. The summed E-state index contributed by atoms with van der Waals surface area (Å²) in [6.07, 6.45) is 4.81. The summed E-state index contributed by atoms with van der Waals surface area (Å²) in [7, 11) is 1.59. The van der Waals surface area contributed by atoms with Gasteiger partial charge >= 0.3 is 0 Å². The molecule has 0 bridgehead atoms. The van der Waals surface area contributed by atoms with Crippen LogP contribution in [0.4, 0.5) is 11.4 Å². The number of anilines is 2. The smallest absolute Gasteiger partial charge is 0.270 e. The summed E-state index contributed by atoms with van der Waals surface area (Å²) in [6, 6.07) is 10.7. The summed E-state index contributed by atoms with van der Waals surface area (Å²) in [5, 5.41) is 3.18. The maximum absolute atomic E-state index is 13.4. The van der Waals surface area contributed by atoms with Gasteiger partial charge in [0.2, 0.25) is 0 Å². The quantitative estimate of drug-likeness (QED) is 0.323. The number of hydrogen-bond donors (Lipinski definition) is 1. The Morgan fingerprint density at radius 1 is 1.17 bits per heavy atom. The number of benzene rings is 2. The molecule has 1 fully saturated rings. The molecule has 8 heteroatoms. The van der Waals surface area contributed by atoms with Gasteiger partial charge in [0.25, 0.3) is 11.8 Å². The number of halogens is 1. The molecule has 2 aromatic carbocycles. The molecular formula is C27H28ClN3O3S. The van der Waals surface area contributed by atoms with Crippen molar-refractivity contribution >= 4 is 63.8 Å². The van der Waals surface area contributed by atoms with Crippen LogP contribution in [0.3, 0.4) is 0 Å². The van der Waals surface area contributed by atoms with Gasteiger partial charge in [0.05, 0.1) is 18.3 Å². The maximum atomic E-state index is 13.4. The molecule has 35 heavy (non-hydrogen) atoms. The van der Waals surface area contributed by atoms with E-state index in [9.17, 15) is 9.59 Å². The van der Waals surface area contributed by atoms with Crippen molar-refractivity contribution in [3.05, 3.63) is 64.2 Å². The summed E-state index contributed by atoms with van der Waals surface area (Å²) < 4.78 is 5.71. The molecule has 0 radical (unpaired) electrons. The third-order valence-electron chi connectivity index (χ3n) is 6.26. The minimum absolute atomic E-state index is 0.0214. The molecular weight excluding hydrogens is 482 g/mol. The average molecular weight is 510 g/mol. The molecule has 2 heterocycles. The zero-order valence-corrected chi connectivity index (χ0v) is 22.0. The maximum Gasteiger partial charge on any atom is 0.270 e. The Hall–Kier alpha value is -3.16. The Balaban J connectivity index is 1.82. The van der Waals surface area contributed by atoms with Gasteiger partial charge in [-0.1, -0.05) is 24.6 Å². The number of ether oxygens (including phenoxy) is 1. The first-order chi connectivity index (χ1) is 16.6. The number of thiocarbonyl (C=S) groups is 1. The van der Waals surface area contributed by atoms with Crippen LogP contribution in [0.25, 0.3) is 11.6 Å². The van der Waals surface area contributed by atoms with Crippen molar-refractivity contribution in [2.75, 3.05) is 23.5 Å². The van der Waals surface area contributed by atoms with Crippen LogP contribution in [0.1, 0.15) is 45.2 Å². The topological polar surface area (TPSA) is 61.9 Å². The molecule has 182 valence electrons. The first-order valence-corrected chi connectivity index (χ1v) is 12.2. The zero-order chi connectivity index (χ0) is 25.5. The Bertz CT molecular complexity index is 1280. The number of nitrogens with one attached hydrogen (secondary N) is 1. The summed E-state index contributed by atoms with van der Waals surface area (Å²) in [4.78, 5) is 29.9. The lowest BCUT2D eigenvalue weighted by atomic mass is 9.87. The Kier molecular flexibility index (Phi) is 6.75. The van der Waals surface area contributed by atoms with Crippen LogP contribution in [-0.2, 0) is 9.59 Å². The average Bonchev–Trinajstić information content (AvgIpc) is 2.80. The molecule has 1 saturated heterocycles. The van der Waals surface area contributed by atoms with E-state index in [1.807, 2.05) is 12.1 Å². The number of allylic oxidation sites excluding steroid dienone is 1. The van der Waals surface area contributed by atoms with Crippen molar-refractivity contribution < 1.29 is 14.3 Å². The van der Waals surface area contributed by atoms with Gasteiger partial charge in [-0.05, 0) is 81.4 Å². The Morgan fingerprint density at radius 2 is 1.86 bits per heavy atom. The SMILES string of the molecule is CCCN1c2cc(OC)c(/C=C3/C(=O)NC(=S)N(c4ccc(Cl)cc4)C3=O)cc2C(C)=CC1(C)C. The minimum atomic E-state index is -0.550. The highest BCUT2D eigenvalue weighted by Crippen LogP contribution is 2.43. The molecule has 2 amide bonds. The van der Waals surface area contributed by atoms with Gasteiger partial charge in [-0.2, -0.15) is 0 Å². The van der Waals surface area contributed by atoms with Gasteiger partial charge in [-0.25, -0.2) is 0 Å². The number of carbonyl (C=O) groups is 2. The Labute approximate surface area is 216 Å². The van der Waals surface area contributed by atoms with E-state index in [4.69, 9.17) is 28.6 Å². The molecule has 2 aliphatic heterocycles. The summed E-state index contributed by atoms with van der Waals surface area (Å²) in [5.74, 6) is -0.484. The van der Waals surface area contributed by atoms with E-state index < -0.39 is 11.8 Å². The van der Waals surface area contributed by atoms with Crippen LogP contribution < -0.4 is 19.9 Å². The number of fused-ring (bicyclic) bond motifs is 1. The van der Waals surface area contributed by atoms with Gasteiger partial charge in [-0.15, -0.1) is 0 Å². The van der Waals surface area contributed by atoms with Gasteiger partial charge in [0.1, 0.15) is 11.3 Å². The molecule has 0 aliphatic carbocycles. The molecule has 0 saturated carbocycles. The molecule has 0 unspecified atom stereocenters. The summed E-state index contributed by atoms with van der Waals surface area (Å²) in [6.45, 7) is 9.50. The third kappa shape index (κ3) is 4.58. The van der Waals surface area contributed by atoms with Crippen molar-refractivity contribution in [1.82, 2.24) is 5.32 Å². The number of nitrogens with zero attached hydrogens (tertiary/aromatic N) is 2. The lowest BCUT2D eigenvalue weighted by Gasteiger charge is -2.43. The number of carbonyl (C=O) groups excluding carboxylic acids is 2. The van der Waals surface area contributed by atoms with Crippen molar-refractivity contribution in [3.8, 4) is 5.75 Å².